The van der Waals surface area contributed by atoms with Crippen LogP contribution in [0.4, 0.5) is 5.69 Å². The first-order valence-electron chi connectivity index (χ1n) is 7.54. The van der Waals surface area contributed by atoms with E-state index in [1.54, 1.807) is 31.3 Å². The summed E-state index contributed by atoms with van der Waals surface area (Å²) in [5, 5.41) is 15.1. The van der Waals surface area contributed by atoms with Crippen molar-refractivity contribution in [3.63, 3.8) is 0 Å². The van der Waals surface area contributed by atoms with Crippen LogP contribution in [0.1, 0.15) is 24.5 Å². The van der Waals surface area contributed by atoms with Gasteiger partial charge in [-0.05, 0) is 6.92 Å². The molecular formula is C16H17N3O6. The molecule has 0 aliphatic heterocycles. The largest absolute Gasteiger partial charge is 0.466 e. The summed E-state index contributed by atoms with van der Waals surface area (Å²) < 4.78 is 11.1. The molecule has 1 aromatic heterocycles. The third-order valence-electron chi connectivity index (χ3n) is 3.20. The van der Waals surface area contributed by atoms with E-state index in [2.05, 4.69) is 9.84 Å². The molecular weight excluding hydrogens is 330 g/mol. The van der Waals surface area contributed by atoms with Crippen LogP contribution in [0.5, 0.6) is 0 Å². The minimum absolute atomic E-state index is 0.0143. The maximum atomic E-state index is 11.5. The number of rotatable bonds is 8. The van der Waals surface area contributed by atoms with Crippen LogP contribution in [0.2, 0.25) is 0 Å². The van der Waals surface area contributed by atoms with Crippen molar-refractivity contribution < 1.29 is 24.0 Å². The van der Waals surface area contributed by atoms with Crippen molar-refractivity contribution >= 4 is 17.6 Å². The first kappa shape index (κ1) is 18.1. The summed E-state index contributed by atoms with van der Waals surface area (Å²) in [5.74, 6) is -1.33. The van der Waals surface area contributed by atoms with Gasteiger partial charge in [0, 0.05) is 17.8 Å². The monoisotopic (exact) mass is 347 g/mol. The lowest BCUT2D eigenvalue weighted by molar-refractivity contribution is -0.385. The number of nitro benzene ring substituents is 1. The lowest BCUT2D eigenvalue weighted by atomic mass is 10.2. The van der Waals surface area contributed by atoms with Crippen molar-refractivity contribution in [1.29, 1.82) is 0 Å². The van der Waals surface area contributed by atoms with Crippen LogP contribution < -0.4 is 0 Å². The molecule has 1 aromatic carbocycles. The van der Waals surface area contributed by atoms with Gasteiger partial charge in [0.2, 0.25) is 0 Å². The molecule has 25 heavy (non-hydrogen) atoms. The fourth-order valence-electron chi connectivity index (χ4n) is 2.11. The zero-order chi connectivity index (χ0) is 18.2. The number of carbonyl (C=O) groups excluding carboxylic acids is 2. The highest BCUT2D eigenvalue weighted by molar-refractivity contribution is 5.91. The zero-order valence-electron chi connectivity index (χ0n) is 13.6. The first-order valence-corrected chi connectivity index (χ1v) is 7.54. The molecule has 0 aliphatic rings. The summed E-state index contributed by atoms with van der Waals surface area (Å²) in [5.41, 5.74) is 1.14. The molecule has 132 valence electrons. The Balaban J connectivity index is 1.91. The van der Waals surface area contributed by atoms with E-state index in [0.717, 1.165) is 0 Å². The average molecular weight is 347 g/mol. The molecule has 0 saturated heterocycles. The predicted molar refractivity (Wildman–Crippen MR) is 85.5 cm³/mol. The van der Waals surface area contributed by atoms with E-state index in [9.17, 15) is 19.7 Å². The van der Waals surface area contributed by atoms with Crippen molar-refractivity contribution in [2.24, 2.45) is 0 Å². The number of benzene rings is 1. The van der Waals surface area contributed by atoms with Crippen LogP contribution in [0.15, 0.2) is 36.7 Å². The van der Waals surface area contributed by atoms with Crippen LogP contribution in [0.3, 0.4) is 0 Å². The summed E-state index contributed by atoms with van der Waals surface area (Å²) in [6.45, 7) is 2.02. The van der Waals surface area contributed by atoms with Gasteiger partial charge in [-0.1, -0.05) is 18.2 Å². The van der Waals surface area contributed by atoms with Gasteiger partial charge < -0.3 is 9.47 Å². The van der Waals surface area contributed by atoms with Crippen LogP contribution in [0, 0.1) is 10.1 Å². The molecule has 0 radical (unpaired) electrons. The molecule has 2 rings (SSSR count). The molecule has 9 nitrogen and oxygen atoms in total. The van der Waals surface area contributed by atoms with Gasteiger partial charge >= 0.3 is 11.9 Å². The van der Waals surface area contributed by atoms with Gasteiger partial charge in [0.15, 0.2) is 0 Å². The topological polar surface area (TPSA) is 114 Å². The highest BCUT2D eigenvalue weighted by Crippen LogP contribution is 2.18. The van der Waals surface area contributed by atoms with Gasteiger partial charge in [-0.2, -0.15) is 5.10 Å². The number of ether oxygens (including phenoxy) is 2. The van der Waals surface area contributed by atoms with Gasteiger partial charge in [0.05, 0.1) is 29.8 Å². The Bertz CT molecular complexity index is 771. The van der Waals surface area contributed by atoms with E-state index in [4.69, 9.17) is 4.74 Å². The Morgan fingerprint density at radius 2 is 1.96 bits per heavy atom. The Morgan fingerprint density at radius 1 is 1.24 bits per heavy atom. The van der Waals surface area contributed by atoms with Gasteiger partial charge in [0.1, 0.15) is 13.0 Å². The Morgan fingerprint density at radius 3 is 2.68 bits per heavy atom. The second-order valence-electron chi connectivity index (χ2n) is 5.07. The summed E-state index contributed by atoms with van der Waals surface area (Å²) in [7, 11) is 0. The molecule has 0 saturated carbocycles. The Labute approximate surface area is 143 Å². The average Bonchev–Trinajstić information content (AvgIpc) is 3.01. The normalized spacial score (nSPS) is 10.3. The number of para-hydroxylation sites is 1. The van der Waals surface area contributed by atoms with Crippen molar-refractivity contribution in [3.8, 4) is 0 Å². The minimum atomic E-state index is -0.690. The molecule has 0 N–H and O–H groups in total. The van der Waals surface area contributed by atoms with E-state index in [-0.39, 0.29) is 25.4 Å². The van der Waals surface area contributed by atoms with E-state index in [0.29, 0.717) is 11.1 Å². The maximum Gasteiger partial charge on any atom is 0.317 e. The van der Waals surface area contributed by atoms with Gasteiger partial charge in [0.25, 0.3) is 5.69 Å². The van der Waals surface area contributed by atoms with Gasteiger partial charge in [-0.15, -0.1) is 0 Å². The second kappa shape index (κ2) is 8.57. The third kappa shape index (κ3) is 5.41. The van der Waals surface area contributed by atoms with Crippen LogP contribution in [-0.4, -0.2) is 33.2 Å². The van der Waals surface area contributed by atoms with E-state index in [1.807, 2.05) is 0 Å². The number of hydrogen-bond acceptors (Lipinski definition) is 7. The van der Waals surface area contributed by atoms with Crippen molar-refractivity contribution in [2.45, 2.75) is 26.5 Å². The molecule has 0 spiro atoms. The van der Waals surface area contributed by atoms with E-state index >= 15 is 0 Å². The highest BCUT2D eigenvalue weighted by atomic mass is 16.6. The molecule has 0 atom stereocenters. The molecule has 9 heteroatoms. The lowest BCUT2D eigenvalue weighted by Gasteiger charge is -2.04. The molecule has 0 bridgehead atoms. The summed E-state index contributed by atoms with van der Waals surface area (Å²) in [4.78, 5) is 33.2. The molecule has 0 aliphatic carbocycles. The predicted octanol–water partition coefficient (Wildman–Crippen LogP) is 1.84. The second-order valence-corrected chi connectivity index (χ2v) is 5.07. The summed E-state index contributed by atoms with van der Waals surface area (Å²) in [6.07, 6.45) is 2.67. The van der Waals surface area contributed by atoms with Gasteiger partial charge in [-0.25, -0.2) is 0 Å². The van der Waals surface area contributed by atoms with Crippen LogP contribution in [0.25, 0.3) is 0 Å². The molecule has 0 unspecified atom stereocenters. The fourth-order valence-corrected chi connectivity index (χ4v) is 2.11. The molecule has 0 fully saturated rings. The SMILES string of the molecule is CCOC(=O)CC(=O)OCc1cnn(Cc2ccccc2[N+](=O)[O-])c1. The number of hydrogen-bond donors (Lipinski definition) is 0. The Kier molecular flexibility index (Phi) is 6.21. The number of carbonyl (C=O) groups is 2. The standard InChI is InChI=1S/C16H17N3O6/c1-2-24-15(20)7-16(21)25-11-12-8-17-18(9-12)10-13-5-3-4-6-14(13)19(22)23/h3-6,8-9H,2,7,10-11H2,1H3. The molecule has 2 aromatic rings. The third-order valence-corrected chi connectivity index (χ3v) is 3.20. The van der Waals surface area contributed by atoms with E-state index in [1.165, 1.54) is 16.9 Å². The lowest BCUT2D eigenvalue weighted by Crippen LogP contribution is -2.13. The van der Waals surface area contributed by atoms with Crippen molar-refractivity contribution in [1.82, 2.24) is 9.78 Å². The van der Waals surface area contributed by atoms with Crippen LogP contribution >= 0.6 is 0 Å². The van der Waals surface area contributed by atoms with Crippen LogP contribution in [-0.2, 0) is 32.2 Å². The summed E-state index contributed by atoms with van der Waals surface area (Å²) >= 11 is 0. The van der Waals surface area contributed by atoms with Crippen molar-refractivity contribution in [2.75, 3.05) is 6.61 Å². The first-order chi connectivity index (χ1) is 12.0. The number of aromatic nitrogens is 2. The fraction of sp³-hybridized carbons (Fsp3) is 0.312. The maximum absolute atomic E-state index is 11.5. The zero-order valence-corrected chi connectivity index (χ0v) is 13.6. The quantitative estimate of drug-likeness (QED) is 0.310. The Hall–Kier alpha value is -3.23. The van der Waals surface area contributed by atoms with E-state index < -0.39 is 23.3 Å². The molecule has 1 heterocycles. The van der Waals surface area contributed by atoms with Crippen molar-refractivity contribution in [3.05, 3.63) is 57.9 Å². The number of nitrogens with zero attached hydrogens (tertiary/aromatic N) is 3. The number of esters is 2. The highest BCUT2D eigenvalue weighted by Gasteiger charge is 2.14. The summed E-state index contributed by atoms with van der Waals surface area (Å²) in [6, 6.07) is 6.39. The number of nitro groups is 1. The smallest absolute Gasteiger partial charge is 0.317 e. The minimum Gasteiger partial charge on any atom is -0.466 e. The van der Waals surface area contributed by atoms with Gasteiger partial charge in [-0.3, -0.25) is 24.4 Å². The molecule has 0 amide bonds.